The lowest BCUT2D eigenvalue weighted by molar-refractivity contribution is 1.14. The molecule has 0 radical (unpaired) electrons. The van der Waals surface area contributed by atoms with Gasteiger partial charge in [-0.1, -0.05) is 29.8 Å². The molecule has 2 aromatic carbocycles. The first-order valence-electron chi connectivity index (χ1n) is 6.56. The van der Waals surface area contributed by atoms with Gasteiger partial charge in [-0.2, -0.15) is 0 Å². The molecular formula is C17H15ClN2. The average Bonchev–Trinajstić information content (AvgIpc) is 2.48. The number of benzene rings is 2. The number of nitrogens with zero attached hydrogens (tertiary/aromatic N) is 1. The average molecular weight is 283 g/mol. The molecule has 0 bridgehead atoms. The van der Waals surface area contributed by atoms with Crippen molar-refractivity contribution in [3.63, 3.8) is 0 Å². The summed E-state index contributed by atoms with van der Waals surface area (Å²) in [7, 11) is 0. The first kappa shape index (κ1) is 12.9. The van der Waals surface area contributed by atoms with Gasteiger partial charge < -0.3 is 5.32 Å². The predicted molar refractivity (Wildman–Crippen MR) is 85.3 cm³/mol. The van der Waals surface area contributed by atoms with Crippen LogP contribution in [-0.2, 0) is 6.54 Å². The summed E-state index contributed by atoms with van der Waals surface area (Å²) in [5.41, 5.74) is 3.40. The summed E-state index contributed by atoms with van der Waals surface area (Å²) in [6.45, 7) is 2.80. The standard InChI is InChI=1S/C17H15ClN2/c1-12-16(18)3-2-4-17(12)20-10-13-5-6-15-11-19-8-7-14(15)9-13/h2-9,11,20H,10H2,1H3. The SMILES string of the molecule is Cc1c(Cl)cccc1NCc1ccc2cnccc2c1. The van der Waals surface area contributed by atoms with Crippen LogP contribution in [0, 0.1) is 6.92 Å². The summed E-state index contributed by atoms with van der Waals surface area (Å²) in [6.07, 6.45) is 3.70. The topological polar surface area (TPSA) is 24.9 Å². The zero-order valence-corrected chi connectivity index (χ0v) is 12.0. The zero-order chi connectivity index (χ0) is 13.9. The molecule has 3 rings (SSSR count). The Morgan fingerprint density at radius 1 is 1.10 bits per heavy atom. The Balaban J connectivity index is 1.81. The molecule has 0 aliphatic rings. The molecule has 0 aliphatic heterocycles. The van der Waals surface area contributed by atoms with E-state index in [-0.39, 0.29) is 0 Å². The van der Waals surface area contributed by atoms with Gasteiger partial charge in [-0.3, -0.25) is 4.98 Å². The summed E-state index contributed by atoms with van der Waals surface area (Å²) < 4.78 is 0. The molecule has 20 heavy (non-hydrogen) atoms. The van der Waals surface area contributed by atoms with Crippen molar-refractivity contribution >= 4 is 28.1 Å². The fourth-order valence-corrected chi connectivity index (χ4v) is 2.41. The predicted octanol–water partition coefficient (Wildman–Crippen LogP) is 4.81. The highest BCUT2D eigenvalue weighted by molar-refractivity contribution is 6.31. The van der Waals surface area contributed by atoms with Crippen LogP contribution in [0.15, 0.2) is 54.9 Å². The van der Waals surface area contributed by atoms with E-state index in [2.05, 4.69) is 28.5 Å². The van der Waals surface area contributed by atoms with E-state index in [0.29, 0.717) is 0 Å². The molecule has 3 heteroatoms. The molecule has 3 aromatic rings. The minimum Gasteiger partial charge on any atom is -0.381 e. The molecule has 0 saturated carbocycles. The highest BCUT2D eigenvalue weighted by Crippen LogP contribution is 2.23. The Bertz CT molecular complexity index is 753. The smallest absolute Gasteiger partial charge is 0.0455 e. The molecule has 1 aromatic heterocycles. The van der Waals surface area contributed by atoms with E-state index >= 15 is 0 Å². The van der Waals surface area contributed by atoms with Crippen LogP contribution in [0.25, 0.3) is 10.8 Å². The van der Waals surface area contributed by atoms with E-state index in [0.717, 1.165) is 28.2 Å². The normalized spacial score (nSPS) is 10.7. The van der Waals surface area contributed by atoms with Crippen LogP contribution in [-0.4, -0.2) is 4.98 Å². The third kappa shape index (κ3) is 2.61. The number of rotatable bonds is 3. The molecule has 0 unspecified atom stereocenters. The molecule has 0 spiro atoms. The molecule has 2 nitrogen and oxygen atoms in total. The van der Waals surface area contributed by atoms with Gasteiger partial charge in [0, 0.05) is 35.0 Å². The van der Waals surface area contributed by atoms with Crippen molar-refractivity contribution in [1.29, 1.82) is 0 Å². The summed E-state index contributed by atoms with van der Waals surface area (Å²) in [5.74, 6) is 0. The Kier molecular flexibility index (Phi) is 3.57. The number of hydrogen-bond donors (Lipinski definition) is 1. The molecule has 1 N–H and O–H groups in total. The molecule has 0 aliphatic carbocycles. The van der Waals surface area contributed by atoms with E-state index in [4.69, 9.17) is 11.6 Å². The lowest BCUT2D eigenvalue weighted by atomic mass is 10.1. The van der Waals surface area contributed by atoms with Crippen molar-refractivity contribution in [2.45, 2.75) is 13.5 Å². The Morgan fingerprint density at radius 2 is 2.00 bits per heavy atom. The molecule has 0 saturated heterocycles. The number of hydrogen-bond acceptors (Lipinski definition) is 2. The monoisotopic (exact) mass is 282 g/mol. The zero-order valence-electron chi connectivity index (χ0n) is 11.2. The summed E-state index contributed by atoms with van der Waals surface area (Å²) in [4.78, 5) is 4.13. The van der Waals surface area contributed by atoms with Crippen molar-refractivity contribution in [2.24, 2.45) is 0 Å². The van der Waals surface area contributed by atoms with Crippen LogP contribution in [0.3, 0.4) is 0 Å². The first-order valence-corrected chi connectivity index (χ1v) is 6.93. The second-order valence-corrected chi connectivity index (χ2v) is 5.23. The first-order chi connectivity index (χ1) is 9.74. The molecule has 0 fully saturated rings. The highest BCUT2D eigenvalue weighted by Gasteiger charge is 2.02. The number of halogens is 1. The maximum absolute atomic E-state index is 6.13. The highest BCUT2D eigenvalue weighted by atomic mass is 35.5. The summed E-state index contributed by atoms with van der Waals surface area (Å²) >= 11 is 6.13. The fourth-order valence-electron chi connectivity index (χ4n) is 2.24. The van der Waals surface area contributed by atoms with Crippen LogP contribution in [0.2, 0.25) is 5.02 Å². The van der Waals surface area contributed by atoms with E-state index < -0.39 is 0 Å². The maximum Gasteiger partial charge on any atom is 0.0455 e. The van der Waals surface area contributed by atoms with E-state index in [9.17, 15) is 0 Å². The van der Waals surface area contributed by atoms with Gasteiger partial charge in [0.25, 0.3) is 0 Å². The minimum atomic E-state index is 0.777. The molecular weight excluding hydrogens is 268 g/mol. The number of fused-ring (bicyclic) bond motifs is 1. The van der Waals surface area contributed by atoms with Gasteiger partial charge in [-0.25, -0.2) is 0 Å². The second-order valence-electron chi connectivity index (χ2n) is 4.82. The number of nitrogens with one attached hydrogen (secondary N) is 1. The van der Waals surface area contributed by atoms with Crippen molar-refractivity contribution in [3.8, 4) is 0 Å². The van der Waals surface area contributed by atoms with E-state index in [1.165, 1.54) is 10.9 Å². The van der Waals surface area contributed by atoms with Crippen molar-refractivity contribution < 1.29 is 0 Å². The van der Waals surface area contributed by atoms with Gasteiger partial charge in [0.15, 0.2) is 0 Å². The molecule has 0 amide bonds. The van der Waals surface area contributed by atoms with Crippen LogP contribution in [0.4, 0.5) is 5.69 Å². The van der Waals surface area contributed by atoms with Gasteiger partial charge >= 0.3 is 0 Å². The largest absolute Gasteiger partial charge is 0.381 e. The lowest BCUT2D eigenvalue weighted by Gasteiger charge is -2.11. The van der Waals surface area contributed by atoms with Gasteiger partial charge in [0.1, 0.15) is 0 Å². The number of pyridine rings is 1. The quantitative estimate of drug-likeness (QED) is 0.746. The molecule has 0 atom stereocenters. The lowest BCUT2D eigenvalue weighted by Crippen LogP contribution is -2.01. The van der Waals surface area contributed by atoms with Gasteiger partial charge in [-0.05, 0) is 47.7 Å². The van der Waals surface area contributed by atoms with Gasteiger partial charge in [-0.15, -0.1) is 0 Å². The van der Waals surface area contributed by atoms with Crippen molar-refractivity contribution in [1.82, 2.24) is 4.98 Å². The van der Waals surface area contributed by atoms with Crippen molar-refractivity contribution in [3.05, 3.63) is 71.0 Å². The van der Waals surface area contributed by atoms with Crippen LogP contribution in [0.1, 0.15) is 11.1 Å². The summed E-state index contributed by atoms with van der Waals surface area (Å²) in [5, 5.41) is 6.60. The number of anilines is 1. The maximum atomic E-state index is 6.13. The Morgan fingerprint density at radius 3 is 2.90 bits per heavy atom. The van der Waals surface area contributed by atoms with E-state index in [1.54, 1.807) is 0 Å². The van der Waals surface area contributed by atoms with Gasteiger partial charge in [0.2, 0.25) is 0 Å². The van der Waals surface area contributed by atoms with Crippen LogP contribution >= 0.6 is 11.6 Å². The van der Waals surface area contributed by atoms with E-state index in [1.807, 2.05) is 43.6 Å². The number of aromatic nitrogens is 1. The minimum absolute atomic E-state index is 0.777. The van der Waals surface area contributed by atoms with Crippen LogP contribution < -0.4 is 5.32 Å². The van der Waals surface area contributed by atoms with Crippen molar-refractivity contribution in [2.75, 3.05) is 5.32 Å². The third-order valence-electron chi connectivity index (χ3n) is 3.46. The van der Waals surface area contributed by atoms with Crippen LogP contribution in [0.5, 0.6) is 0 Å². The summed E-state index contributed by atoms with van der Waals surface area (Å²) in [6, 6.07) is 14.4. The third-order valence-corrected chi connectivity index (χ3v) is 3.87. The molecule has 1 heterocycles. The second kappa shape index (κ2) is 5.51. The van der Waals surface area contributed by atoms with Gasteiger partial charge in [0.05, 0.1) is 0 Å². The Labute approximate surface area is 123 Å². The fraction of sp³-hybridized carbons (Fsp3) is 0.118. The Hall–Kier alpha value is -2.06. The molecule has 100 valence electrons.